The molecular weight excluding hydrogens is 242 g/mol. The number of aromatic carboxylic acids is 1. The van der Waals surface area contributed by atoms with E-state index in [2.05, 4.69) is 5.32 Å². The quantitative estimate of drug-likeness (QED) is 0.868. The molecule has 0 aromatic heterocycles. The Morgan fingerprint density at radius 3 is 2.53 bits per heavy atom. The Hall–Kier alpha value is -1.55. The second kappa shape index (κ2) is 5.68. The molecule has 0 unspecified atom stereocenters. The molecular formula is C12H14ClNO3. The van der Waals surface area contributed by atoms with E-state index in [1.54, 1.807) is 19.9 Å². The summed E-state index contributed by atoms with van der Waals surface area (Å²) in [6, 6.07) is 4.44. The number of carboxylic acid groups (broad SMARTS) is 1. The molecule has 1 aromatic rings. The lowest BCUT2D eigenvalue weighted by atomic mass is 10.1. The van der Waals surface area contributed by atoms with E-state index in [0.29, 0.717) is 17.1 Å². The number of hydrogen-bond donors (Lipinski definition) is 2. The Kier molecular flexibility index (Phi) is 4.52. The van der Waals surface area contributed by atoms with Crippen molar-refractivity contribution in [3.05, 3.63) is 34.3 Å². The van der Waals surface area contributed by atoms with Crippen LogP contribution in [0.2, 0.25) is 5.02 Å². The van der Waals surface area contributed by atoms with Crippen molar-refractivity contribution >= 4 is 23.5 Å². The van der Waals surface area contributed by atoms with Crippen LogP contribution in [-0.2, 0) is 11.3 Å². The standard InChI is InChI=1S/C12H14ClNO3/c1-7(2)11(15)14-6-9-4-3-8(12(16)17)5-10(9)13/h3-5,7H,6H2,1-2H3,(H,14,15)(H,16,17). The molecule has 0 saturated heterocycles. The minimum Gasteiger partial charge on any atom is -0.478 e. The highest BCUT2D eigenvalue weighted by Gasteiger charge is 2.09. The van der Waals surface area contributed by atoms with Crippen molar-refractivity contribution in [3.8, 4) is 0 Å². The van der Waals surface area contributed by atoms with Crippen molar-refractivity contribution in [3.63, 3.8) is 0 Å². The molecule has 0 bridgehead atoms. The summed E-state index contributed by atoms with van der Waals surface area (Å²) in [6.07, 6.45) is 0. The van der Waals surface area contributed by atoms with Gasteiger partial charge in [0, 0.05) is 17.5 Å². The third-order valence-corrected chi connectivity index (χ3v) is 2.63. The maximum atomic E-state index is 11.4. The van der Waals surface area contributed by atoms with Gasteiger partial charge in [-0.15, -0.1) is 0 Å². The monoisotopic (exact) mass is 255 g/mol. The van der Waals surface area contributed by atoms with E-state index in [0.717, 1.165) is 0 Å². The third-order valence-electron chi connectivity index (χ3n) is 2.28. The van der Waals surface area contributed by atoms with Gasteiger partial charge in [0.1, 0.15) is 0 Å². The lowest BCUT2D eigenvalue weighted by Gasteiger charge is -2.09. The number of nitrogens with one attached hydrogen (secondary N) is 1. The van der Waals surface area contributed by atoms with Crippen molar-refractivity contribution < 1.29 is 14.7 Å². The molecule has 1 rings (SSSR count). The van der Waals surface area contributed by atoms with Gasteiger partial charge in [0.15, 0.2) is 0 Å². The Balaban J connectivity index is 2.73. The first-order chi connectivity index (χ1) is 7.91. The topological polar surface area (TPSA) is 66.4 Å². The SMILES string of the molecule is CC(C)C(=O)NCc1ccc(C(=O)O)cc1Cl. The normalized spacial score (nSPS) is 10.4. The van der Waals surface area contributed by atoms with Crippen molar-refractivity contribution in [1.29, 1.82) is 0 Å². The summed E-state index contributed by atoms with van der Waals surface area (Å²) in [4.78, 5) is 22.0. The van der Waals surface area contributed by atoms with Gasteiger partial charge >= 0.3 is 5.97 Å². The van der Waals surface area contributed by atoms with Crippen molar-refractivity contribution in [2.24, 2.45) is 5.92 Å². The smallest absolute Gasteiger partial charge is 0.335 e. The molecule has 1 aromatic carbocycles. The Labute approximate surface area is 105 Å². The van der Waals surface area contributed by atoms with Gasteiger partial charge in [0.05, 0.1) is 5.56 Å². The van der Waals surface area contributed by atoms with Crippen LogP contribution < -0.4 is 5.32 Å². The molecule has 92 valence electrons. The predicted octanol–water partition coefficient (Wildman–Crippen LogP) is 2.31. The van der Waals surface area contributed by atoms with Gasteiger partial charge in [-0.25, -0.2) is 4.79 Å². The summed E-state index contributed by atoms with van der Waals surface area (Å²) in [7, 11) is 0. The number of rotatable bonds is 4. The summed E-state index contributed by atoms with van der Waals surface area (Å²) in [5.41, 5.74) is 0.833. The van der Waals surface area contributed by atoms with E-state index < -0.39 is 5.97 Å². The van der Waals surface area contributed by atoms with Crippen molar-refractivity contribution in [1.82, 2.24) is 5.32 Å². The van der Waals surface area contributed by atoms with Gasteiger partial charge in [-0.3, -0.25) is 4.79 Å². The molecule has 0 aliphatic heterocycles. The maximum Gasteiger partial charge on any atom is 0.335 e. The van der Waals surface area contributed by atoms with Crippen molar-refractivity contribution in [2.75, 3.05) is 0 Å². The van der Waals surface area contributed by atoms with E-state index in [1.165, 1.54) is 12.1 Å². The van der Waals surface area contributed by atoms with Crippen LogP contribution in [-0.4, -0.2) is 17.0 Å². The van der Waals surface area contributed by atoms with Crippen LogP contribution in [0.3, 0.4) is 0 Å². The molecule has 5 heteroatoms. The molecule has 0 heterocycles. The van der Waals surface area contributed by atoms with Crippen LogP contribution >= 0.6 is 11.6 Å². The van der Waals surface area contributed by atoms with Gasteiger partial charge < -0.3 is 10.4 Å². The summed E-state index contributed by atoms with van der Waals surface area (Å²) < 4.78 is 0. The molecule has 0 aliphatic carbocycles. The summed E-state index contributed by atoms with van der Waals surface area (Å²) in [6.45, 7) is 3.89. The zero-order valence-corrected chi connectivity index (χ0v) is 10.4. The molecule has 0 atom stereocenters. The average molecular weight is 256 g/mol. The highest BCUT2D eigenvalue weighted by Crippen LogP contribution is 2.18. The fraction of sp³-hybridized carbons (Fsp3) is 0.333. The van der Waals surface area contributed by atoms with Crippen LogP contribution in [0.15, 0.2) is 18.2 Å². The number of amides is 1. The molecule has 1 amide bonds. The summed E-state index contributed by atoms with van der Waals surface area (Å²) >= 11 is 5.92. The molecule has 0 saturated carbocycles. The number of halogens is 1. The lowest BCUT2D eigenvalue weighted by molar-refractivity contribution is -0.124. The molecule has 0 radical (unpaired) electrons. The number of carbonyl (C=O) groups excluding carboxylic acids is 1. The van der Waals surface area contributed by atoms with Gasteiger partial charge in [-0.05, 0) is 17.7 Å². The van der Waals surface area contributed by atoms with Crippen LogP contribution in [0.4, 0.5) is 0 Å². The maximum absolute atomic E-state index is 11.4. The lowest BCUT2D eigenvalue weighted by Crippen LogP contribution is -2.27. The van der Waals surface area contributed by atoms with Gasteiger partial charge in [-0.1, -0.05) is 31.5 Å². The van der Waals surface area contributed by atoms with Crippen LogP contribution in [0, 0.1) is 5.92 Å². The second-order valence-corrected chi connectivity index (χ2v) is 4.39. The van der Waals surface area contributed by atoms with E-state index >= 15 is 0 Å². The second-order valence-electron chi connectivity index (χ2n) is 3.98. The minimum atomic E-state index is -1.02. The zero-order chi connectivity index (χ0) is 13.0. The largest absolute Gasteiger partial charge is 0.478 e. The summed E-state index contributed by atoms with van der Waals surface area (Å²) in [5.74, 6) is -1.18. The summed E-state index contributed by atoms with van der Waals surface area (Å²) in [5, 5.41) is 11.8. The van der Waals surface area contributed by atoms with E-state index in [9.17, 15) is 9.59 Å². The Morgan fingerprint density at radius 1 is 1.41 bits per heavy atom. The van der Waals surface area contributed by atoms with Gasteiger partial charge in [0.2, 0.25) is 5.91 Å². The van der Waals surface area contributed by atoms with Crippen LogP contribution in [0.5, 0.6) is 0 Å². The molecule has 0 aliphatic rings. The van der Waals surface area contributed by atoms with Crippen LogP contribution in [0.1, 0.15) is 29.8 Å². The first kappa shape index (κ1) is 13.5. The number of carboxylic acids is 1. The molecule has 0 fully saturated rings. The fourth-order valence-corrected chi connectivity index (χ4v) is 1.46. The third kappa shape index (κ3) is 3.75. The first-order valence-corrected chi connectivity index (χ1v) is 5.59. The average Bonchev–Trinajstić information content (AvgIpc) is 2.26. The van der Waals surface area contributed by atoms with E-state index in [1.807, 2.05) is 0 Å². The fourth-order valence-electron chi connectivity index (χ4n) is 1.21. The first-order valence-electron chi connectivity index (χ1n) is 5.21. The molecule has 0 spiro atoms. The Bertz CT molecular complexity index is 443. The molecule has 17 heavy (non-hydrogen) atoms. The number of hydrogen-bond acceptors (Lipinski definition) is 2. The highest BCUT2D eigenvalue weighted by atomic mass is 35.5. The van der Waals surface area contributed by atoms with Gasteiger partial charge in [0.25, 0.3) is 0 Å². The number of benzene rings is 1. The minimum absolute atomic E-state index is 0.0663. The highest BCUT2D eigenvalue weighted by molar-refractivity contribution is 6.31. The Morgan fingerprint density at radius 2 is 2.06 bits per heavy atom. The van der Waals surface area contributed by atoms with Gasteiger partial charge in [-0.2, -0.15) is 0 Å². The number of carbonyl (C=O) groups is 2. The predicted molar refractivity (Wildman–Crippen MR) is 65.1 cm³/mol. The zero-order valence-electron chi connectivity index (χ0n) is 9.66. The molecule has 4 nitrogen and oxygen atoms in total. The van der Waals surface area contributed by atoms with Crippen molar-refractivity contribution in [2.45, 2.75) is 20.4 Å². The van der Waals surface area contributed by atoms with E-state index in [-0.39, 0.29) is 17.4 Å². The van der Waals surface area contributed by atoms with Crippen LogP contribution in [0.25, 0.3) is 0 Å². The van der Waals surface area contributed by atoms with E-state index in [4.69, 9.17) is 16.7 Å². The molecule has 2 N–H and O–H groups in total.